The van der Waals surface area contributed by atoms with Gasteiger partial charge in [0.2, 0.25) is 6.79 Å². The molecule has 8 rings (SSSR count). The summed E-state index contributed by atoms with van der Waals surface area (Å²) in [5.41, 5.74) is 1.10. The van der Waals surface area contributed by atoms with Crippen LogP contribution in [-0.2, 0) is 38.4 Å². The van der Waals surface area contributed by atoms with Crippen molar-refractivity contribution in [1.29, 1.82) is 0 Å². The first-order valence-electron chi connectivity index (χ1n) is 19.7. The van der Waals surface area contributed by atoms with Crippen molar-refractivity contribution in [3.63, 3.8) is 0 Å². The number of halogens is 1. The standard InChI is InChI=1S/C26H27N3O4S.C18H19ClN2O2S/c1-31-23(30)11-5-3-2-4-10-22-28-25(24-18-8-6-7-9-21(18)34-26(24)29-22)27-15-17-12-13-19-20(14-17)33-16-32-19;1-23-15(22)11-5-3-2-4-10-14-20-17(19)16-12-8-6-7-9-13(12)24-18(16)21-14/h6-9,12-14H,2-5,10-11,15-16H2,1H3,(H,27,28,29);6-9H,2-5,10-11H2,1H3. The highest BCUT2D eigenvalue weighted by Gasteiger charge is 2.17. The quantitative estimate of drug-likeness (QED) is 0.0533. The van der Waals surface area contributed by atoms with Crippen LogP contribution in [0.1, 0.15) is 81.4 Å². The van der Waals surface area contributed by atoms with E-state index in [-0.39, 0.29) is 18.7 Å². The molecule has 0 amide bonds. The van der Waals surface area contributed by atoms with Gasteiger partial charge in [-0.2, -0.15) is 0 Å². The Morgan fingerprint density at radius 2 is 1.22 bits per heavy atom. The lowest BCUT2D eigenvalue weighted by Gasteiger charge is -2.10. The molecule has 0 spiro atoms. The van der Waals surface area contributed by atoms with Crippen molar-refractivity contribution in [2.75, 3.05) is 26.3 Å². The number of benzene rings is 3. The number of rotatable bonds is 17. The number of thiophene rings is 2. The number of aryl methyl sites for hydroxylation is 2. The molecule has 4 aromatic heterocycles. The third kappa shape index (κ3) is 10.3. The van der Waals surface area contributed by atoms with E-state index >= 15 is 0 Å². The molecule has 0 saturated carbocycles. The monoisotopic (exact) mass is 839 g/mol. The van der Waals surface area contributed by atoms with E-state index < -0.39 is 0 Å². The van der Waals surface area contributed by atoms with Crippen LogP contribution in [0.25, 0.3) is 40.6 Å². The number of aromatic nitrogens is 4. The summed E-state index contributed by atoms with van der Waals surface area (Å²) in [6, 6.07) is 22.5. The second kappa shape index (κ2) is 20.0. The summed E-state index contributed by atoms with van der Waals surface area (Å²) in [5, 5.41) is 8.41. The summed E-state index contributed by atoms with van der Waals surface area (Å²) < 4.78 is 22.7. The van der Waals surface area contributed by atoms with Crippen molar-refractivity contribution < 1.29 is 28.5 Å². The number of nitrogens with zero attached hydrogens (tertiary/aromatic N) is 4. The Kier molecular flexibility index (Phi) is 14.2. The maximum absolute atomic E-state index is 11.3. The zero-order valence-electron chi connectivity index (χ0n) is 32.7. The van der Waals surface area contributed by atoms with Gasteiger partial charge in [0.15, 0.2) is 11.5 Å². The average Bonchev–Trinajstić information content (AvgIpc) is 3.97. The molecule has 0 radical (unpaired) electrons. The van der Waals surface area contributed by atoms with Gasteiger partial charge in [-0.1, -0.05) is 79.7 Å². The number of carbonyl (C=O) groups is 2. The minimum absolute atomic E-state index is 0.139. The number of esters is 2. The fourth-order valence-corrected chi connectivity index (χ4v) is 9.43. The molecule has 0 bridgehead atoms. The van der Waals surface area contributed by atoms with Crippen LogP contribution in [0.4, 0.5) is 5.82 Å². The third-order valence-electron chi connectivity index (χ3n) is 9.94. The van der Waals surface area contributed by atoms with Crippen LogP contribution in [0, 0.1) is 0 Å². The second-order valence-electron chi connectivity index (χ2n) is 14.0. The van der Waals surface area contributed by atoms with Crippen LogP contribution < -0.4 is 14.8 Å². The lowest BCUT2D eigenvalue weighted by Crippen LogP contribution is -2.05. The molecule has 1 aliphatic rings. The summed E-state index contributed by atoms with van der Waals surface area (Å²) in [5.74, 6) is 3.79. The molecule has 0 saturated heterocycles. The third-order valence-corrected chi connectivity index (χ3v) is 12.3. The summed E-state index contributed by atoms with van der Waals surface area (Å²) in [6.45, 7) is 0.894. The van der Waals surface area contributed by atoms with Crippen LogP contribution >= 0.6 is 34.3 Å². The Hall–Kier alpha value is -5.11. The predicted octanol–water partition coefficient (Wildman–Crippen LogP) is 11.0. The maximum atomic E-state index is 11.3. The fraction of sp³-hybridized carbons (Fsp3) is 0.364. The number of unbranched alkanes of at least 4 members (excludes halogenated alkanes) is 6. The van der Waals surface area contributed by atoms with Gasteiger partial charge in [0.25, 0.3) is 0 Å². The number of carbonyl (C=O) groups excluding carboxylic acids is 2. The van der Waals surface area contributed by atoms with Gasteiger partial charge >= 0.3 is 11.9 Å². The summed E-state index contributed by atoms with van der Waals surface area (Å²) >= 11 is 9.76. The van der Waals surface area contributed by atoms with Gasteiger partial charge in [0, 0.05) is 52.4 Å². The van der Waals surface area contributed by atoms with E-state index in [0.29, 0.717) is 24.5 Å². The number of anilines is 1. The average molecular weight is 840 g/mol. The normalized spacial score (nSPS) is 11.9. The van der Waals surface area contributed by atoms with E-state index in [0.717, 1.165) is 125 Å². The molecule has 7 aromatic rings. The van der Waals surface area contributed by atoms with E-state index in [4.69, 9.17) is 35.8 Å². The Morgan fingerprint density at radius 3 is 1.86 bits per heavy atom. The topological polar surface area (TPSA) is 135 Å². The number of hydrogen-bond donors (Lipinski definition) is 1. The molecule has 3 aromatic carbocycles. The molecular weight excluding hydrogens is 794 g/mol. The second-order valence-corrected chi connectivity index (χ2v) is 16.4. The Labute approximate surface area is 350 Å². The fourth-order valence-electron chi connectivity index (χ4n) is 6.89. The van der Waals surface area contributed by atoms with Crippen LogP contribution in [-0.4, -0.2) is 52.9 Å². The highest BCUT2D eigenvalue weighted by Crippen LogP contribution is 2.38. The SMILES string of the molecule is COC(=O)CCCCCCc1nc(Cl)c2c(n1)sc1ccccc12.COC(=O)CCCCCCc1nc(NCc2ccc3c(c2)OCO3)c2c(n1)sc1ccccc12. The molecule has 1 aliphatic heterocycles. The van der Waals surface area contributed by atoms with Crippen LogP contribution in [0.2, 0.25) is 5.15 Å². The molecule has 0 fully saturated rings. The molecule has 1 N–H and O–H groups in total. The zero-order valence-corrected chi connectivity index (χ0v) is 35.1. The summed E-state index contributed by atoms with van der Waals surface area (Å²) in [6.07, 6.45) is 10.4. The van der Waals surface area contributed by atoms with Crippen molar-refractivity contribution in [2.24, 2.45) is 0 Å². The molecule has 5 heterocycles. The Balaban J connectivity index is 0.000000188. The van der Waals surface area contributed by atoms with Crippen LogP contribution in [0.3, 0.4) is 0 Å². The van der Waals surface area contributed by atoms with Crippen molar-refractivity contribution in [3.05, 3.63) is 89.1 Å². The van der Waals surface area contributed by atoms with Gasteiger partial charge in [0.1, 0.15) is 32.3 Å². The molecule has 11 nitrogen and oxygen atoms in total. The highest BCUT2D eigenvalue weighted by molar-refractivity contribution is 7.26. The van der Waals surface area contributed by atoms with E-state index in [1.165, 1.54) is 29.0 Å². The zero-order chi connectivity index (χ0) is 40.3. The lowest BCUT2D eigenvalue weighted by molar-refractivity contribution is -0.141. The largest absolute Gasteiger partial charge is 0.469 e. The first-order valence-corrected chi connectivity index (χ1v) is 21.7. The van der Waals surface area contributed by atoms with Gasteiger partial charge in [-0.3, -0.25) is 9.59 Å². The molecule has 14 heteroatoms. The van der Waals surface area contributed by atoms with Gasteiger partial charge in [-0.25, -0.2) is 19.9 Å². The lowest BCUT2D eigenvalue weighted by atomic mass is 10.1. The van der Waals surface area contributed by atoms with Crippen molar-refractivity contribution in [1.82, 2.24) is 19.9 Å². The molecule has 0 unspecified atom stereocenters. The van der Waals surface area contributed by atoms with Gasteiger partial charge in [0.05, 0.1) is 25.0 Å². The van der Waals surface area contributed by atoms with Crippen molar-refractivity contribution >= 4 is 92.6 Å². The molecule has 0 atom stereocenters. The van der Waals surface area contributed by atoms with Gasteiger partial charge in [-0.15, -0.1) is 22.7 Å². The summed E-state index contributed by atoms with van der Waals surface area (Å²) in [7, 11) is 2.86. The Morgan fingerprint density at radius 1 is 0.672 bits per heavy atom. The number of hydrogen-bond acceptors (Lipinski definition) is 13. The minimum Gasteiger partial charge on any atom is -0.469 e. The summed E-state index contributed by atoms with van der Waals surface area (Å²) in [4.78, 5) is 43.2. The first-order chi connectivity index (χ1) is 28.4. The van der Waals surface area contributed by atoms with Gasteiger partial charge < -0.3 is 24.3 Å². The predicted molar refractivity (Wildman–Crippen MR) is 232 cm³/mol. The van der Waals surface area contributed by atoms with Crippen molar-refractivity contribution in [2.45, 2.75) is 83.6 Å². The highest BCUT2D eigenvalue weighted by atomic mass is 35.5. The van der Waals surface area contributed by atoms with E-state index in [1.54, 1.807) is 22.7 Å². The number of methoxy groups -OCH3 is 2. The number of nitrogens with one attached hydrogen (secondary N) is 1. The minimum atomic E-state index is -0.142. The number of ether oxygens (including phenoxy) is 4. The molecular formula is C44H46ClN5O6S2. The van der Waals surface area contributed by atoms with Gasteiger partial charge in [-0.05, 0) is 55.5 Å². The first kappa shape index (κ1) is 41.1. The molecule has 302 valence electrons. The van der Waals surface area contributed by atoms with Crippen LogP contribution in [0.15, 0.2) is 66.7 Å². The Bertz CT molecular complexity index is 2520. The van der Waals surface area contributed by atoms with E-state index in [9.17, 15) is 9.59 Å². The van der Waals surface area contributed by atoms with Crippen molar-refractivity contribution in [3.8, 4) is 11.5 Å². The molecule has 0 aliphatic carbocycles. The maximum Gasteiger partial charge on any atom is 0.305 e. The molecule has 58 heavy (non-hydrogen) atoms. The van der Waals surface area contributed by atoms with Crippen LogP contribution in [0.5, 0.6) is 11.5 Å². The smallest absolute Gasteiger partial charge is 0.305 e. The van der Waals surface area contributed by atoms with E-state index in [1.807, 2.05) is 30.3 Å². The van der Waals surface area contributed by atoms with E-state index in [2.05, 4.69) is 56.4 Å². The number of fused-ring (bicyclic) bond motifs is 7.